The second kappa shape index (κ2) is 11.0. The van der Waals surface area contributed by atoms with Gasteiger partial charge in [0.05, 0.1) is 28.8 Å². The highest BCUT2D eigenvalue weighted by Gasteiger charge is 2.21. The molecule has 0 saturated carbocycles. The van der Waals surface area contributed by atoms with Crippen molar-refractivity contribution in [3.05, 3.63) is 97.6 Å². The van der Waals surface area contributed by atoms with Crippen molar-refractivity contribution in [2.75, 3.05) is 10.6 Å². The summed E-state index contributed by atoms with van der Waals surface area (Å²) in [6.45, 7) is 6.05. The fourth-order valence-corrected chi connectivity index (χ4v) is 4.51. The van der Waals surface area contributed by atoms with Gasteiger partial charge in [-0.2, -0.15) is 10.2 Å². The summed E-state index contributed by atoms with van der Waals surface area (Å²) in [7, 11) is 1.82. The number of nitrogens with one attached hydrogen (secondary N) is 2. The lowest BCUT2D eigenvalue weighted by atomic mass is 10.1. The van der Waals surface area contributed by atoms with E-state index in [0.717, 1.165) is 21.9 Å². The number of halogens is 1. The molecule has 0 saturated heterocycles. The molecule has 0 spiro atoms. The van der Waals surface area contributed by atoms with E-state index in [1.807, 2.05) is 58.3 Å². The van der Waals surface area contributed by atoms with E-state index >= 15 is 4.39 Å². The van der Waals surface area contributed by atoms with Gasteiger partial charge in [0.25, 0.3) is 0 Å². The molecular formula is C32H29FN8O2. The number of pyridine rings is 2. The van der Waals surface area contributed by atoms with Gasteiger partial charge in [-0.25, -0.2) is 9.18 Å². The molecule has 10 nitrogen and oxygen atoms in total. The lowest BCUT2D eigenvalue weighted by Crippen LogP contribution is -2.22. The molecule has 0 atom stereocenters. The third-order valence-electron chi connectivity index (χ3n) is 6.72. The van der Waals surface area contributed by atoms with Crippen LogP contribution in [0, 0.1) is 5.82 Å². The molecule has 43 heavy (non-hydrogen) atoms. The molecule has 0 radical (unpaired) electrons. The first-order valence-electron chi connectivity index (χ1n) is 13.6. The van der Waals surface area contributed by atoms with Crippen LogP contribution in [0.2, 0.25) is 0 Å². The third kappa shape index (κ3) is 6.05. The molecule has 2 amide bonds. The van der Waals surface area contributed by atoms with Gasteiger partial charge in [-0.1, -0.05) is 12.1 Å². The molecule has 4 aromatic heterocycles. The summed E-state index contributed by atoms with van der Waals surface area (Å²) in [5.74, 6) is 0.107. The molecule has 6 rings (SSSR count). The minimum absolute atomic E-state index is 0.00130. The number of anilines is 2. The van der Waals surface area contributed by atoms with Crippen LogP contribution in [0.3, 0.4) is 0 Å². The molecule has 216 valence electrons. The number of aryl methyl sites for hydroxylation is 1. The number of rotatable bonds is 6. The van der Waals surface area contributed by atoms with E-state index in [4.69, 9.17) is 9.84 Å². The van der Waals surface area contributed by atoms with Gasteiger partial charge in [0.2, 0.25) is 0 Å². The van der Waals surface area contributed by atoms with Gasteiger partial charge in [-0.15, -0.1) is 0 Å². The predicted molar refractivity (Wildman–Crippen MR) is 164 cm³/mol. The Morgan fingerprint density at radius 1 is 0.860 bits per heavy atom. The molecule has 0 aliphatic carbocycles. The molecule has 0 aliphatic rings. The van der Waals surface area contributed by atoms with E-state index in [9.17, 15) is 4.79 Å². The van der Waals surface area contributed by atoms with E-state index in [1.54, 1.807) is 58.5 Å². The second-order valence-electron chi connectivity index (χ2n) is 11.0. The van der Waals surface area contributed by atoms with E-state index in [2.05, 4.69) is 25.7 Å². The average molecular weight is 577 g/mol. The van der Waals surface area contributed by atoms with Gasteiger partial charge in [0.15, 0.2) is 0 Å². The number of amides is 2. The average Bonchev–Trinajstić information content (AvgIpc) is 3.61. The van der Waals surface area contributed by atoms with Crippen molar-refractivity contribution in [3.63, 3.8) is 0 Å². The Morgan fingerprint density at radius 2 is 1.67 bits per heavy atom. The largest absolute Gasteiger partial charge is 0.457 e. The highest BCUT2D eigenvalue weighted by atomic mass is 19.1. The minimum atomic E-state index is -0.650. The van der Waals surface area contributed by atoms with Crippen LogP contribution < -0.4 is 15.4 Å². The maximum atomic E-state index is 15.1. The van der Waals surface area contributed by atoms with Crippen molar-refractivity contribution in [2.45, 2.75) is 26.3 Å². The van der Waals surface area contributed by atoms with Crippen LogP contribution in [-0.2, 0) is 12.6 Å². The van der Waals surface area contributed by atoms with Crippen molar-refractivity contribution in [1.29, 1.82) is 0 Å². The summed E-state index contributed by atoms with van der Waals surface area (Å²) in [5.41, 5.74) is 3.08. The molecule has 2 N–H and O–H groups in total. The Kier molecular flexibility index (Phi) is 7.06. The number of carbonyl (C=O) groups excluding carboxylic acids is 1. The zero-order chi connectivity index (χ0) is 30.1. The number of hydrogen-bond donors (Lipinski definition) is 2. The summed E-state index contributed by atoms with van der Waals surface area (Å²) in [4.78, 5) is 21.6. The Hall–Kier alpha value is -5.58. The maximum absolute atomic E-state index is 15.1. The van der Waals surface area contributed by atoms with Gasteiger partial charge in [-0.3, -0.25) is 19.3 Å². The highest BCUT2D eigenvalue weighted by molar-refractivity contribution is 6.02. The third-order valence-corrected chi connectivity index (χ3v) is 6.72. The van der Waals surface area contributed by atoms with Gasteiger partial charge >= 0.3 is 6.03 Å². The highest BCUT2D eigenvalue weighted by Crippen LogP contribution is 2.32. The first kappa shape index (κ1) is 27.6. The molecule has 4 heterocycles. The summed E-state index contributed by atoms with van der Waals surface area (Å²) < 4.78 is 24.4. The topological polar surface area (TPSA) is 112 Å². The van der Waals surface area contributed by atoms with Crippen LogP contribution in [0.1, 0.15) is 20.8 Å². The summed E-state index contributed by atoms with van der Waals surface area (Å²) in [6.07, 6.45) is 10.4. The van der Waals surface area contributed by atoms with Crippen molar-refractivity contribution in [1.82, 2.24) is 29.5 Å². The number of urea groups is 1. The predicted octanol–water partition coefficient (Wildman–Crippen LogP) is 7.22. The Labute approximate surface area is 247 Å². The first-order valence-corrected chi connectivity index (χ1v) is 13.6. The van der Waals surface area contributed by atoms with Gasteiger partial charge < -0.3 is 15.4 Å². The summed E-state index contributed by atoms with van der Waals surface area (Å²) in [6, 6.07) is 14.9. The Bertz CT molecular complexity index is 1960. The number of aromatic nitrogens is 6. The van der Waals surface area contributed by atoms with Gasteiger partial charge in [0.1, 0.15) is 23.0 Å². The zero-order valence-corrected chi connectivity index (χ0v) is 24.0. The first-order chi connectivity index (χ1) is 20.6. The smallest absolute Gasteiger partial charge is 0.323 e. The molecule has 0 bridgehead atoms. The Balaban J connectivity index is 1.19. The molecule has 0 fully saturated rings. The van der Waals surface area contributed by atoms with Crippen molar-refractivity contribution >= 4 is 28.2 Å². The lowest BCUT2D eigenvalue weighted by Gasteiger charge is -2.18. The number of fused-ring (bicyclic) bond motifs is 1. The monoisotopic (exact) mass is 576 g/mol. The summed E-state index contributed by atoms with van der Waals surface area (Å²) >= 11 is 0. The van der Waals surface area contributed by atoms with Gasteiger partial charge in [-0.05, 0) is 56.5 Å². The number of ether oxygens (including phenoxy) is 1. The molecule has 0 unspecified atom stereocenters. The number of benzene rings is 2. The zero-order valence-electron chi connectivity index (χ0n) is 24.0. The van der Waals surface area contributed by atoms with Crippen molar-refractivity contribution in [2.24, 2.45) is 7.05 Å². The normalized spacial score (nSPS) is 11.5. The van der Waals surface area contributed by atoms with Crippen molar-refractivity contribution < 1.29 is 13.9 Å². The lowest BCUT2D eigenvalue weighted by molar-refractivity contribution is 0.262. The fraction of sp³-hybridized carbons (Fsp3) is 0.156. The number of hydrogen-bond acceptors (Lipinski definition) is 6. The molecule has 6 aromatic rings. The van der Waals surface area contributed by atoms with Crippen LogP contribution in [0.5, 0.6) is 11.5 Å². The molecular weight excluding hydrogens is 547 g/mol. The van der Waals surface area contributed by atoms with E-state index in [1.165, 1.54) is 12.1 Å². The van der Waals surface area contributed by atoms with Crippen LogP contribution in [-0.4, -0.2) is 35.6 Å². The number of carbonyl (C=O) groups is 1. The van der Waals surface area contributed by atoms with E-state index in [0.29, 0.717) is 22.8 Å². The molecule has 11 heteroatoms. The van der Waals surface area contributed by atoms with Crippen LogP contribution in [0.25, 0.3) is 33.3 Å². The minimum Gasteiger partial charge on any atom is -0.457 e. The van der Waals surface area contributed by atoms with Gasteiger partial charge in [0, 0.05) is 66.7 Å². The van der Waals surface area contributed by atoms with E-state index in [-0.39, 0.29) is 17.0 Å². The van der Waals surface area contributed by atoms with E-state index < -0.39 is 11.8 Å². The van der Waals surface area contributed by atoms with Crippen molar-refractivity contribution in [3.8, 4) is 34.0 Å². The fourth-order valence-electron chi connectivity index (χ4n) is 4.51. The second-order valence-corrected chi connectivity index (χ2v) is 11.0. The molecule has 0 aliphatic heterocycles. The standard InChI is InChI=1S/C32H29FN8O2/c1-32(2,3)41-19-29(30(39-41)21-5-6-22-16-34-11-9-20(22)13-21)38-31(42)37-27-8-7-24(14-26(27)33)43-25-10-12-35-28(15-25)23-17-36-40(4)18-23/h5-19H,1-4H3,(H2,37,38,42). The Morgan fingerprint density at radius 3 is 2.44 bits per heavy atom. The quantitative estimate of drug-likeness (QED) is 0.216. The maximum Gasteiger partial charge on any atom is 0.323 e. The SMILES string of the molecule is Cn1cc(-c2cc(Oc3ccc(NC(=O)Nc4cn(C(C)(C)C)nc4-c4ccc5cnccc5c4)c(F)c3)ccn2)cn1. The molecule has 2 aromatic carbocycles. The summed E-state index contributed by atoms with van der Waals surface area (Å²) in [5, 5.41) is 16.4. The number of nitrogens with zero attached hydrogens (tertiary/aromatic N) is 6. The van der Waals surface area contributed by atoms with Crippen LogP contribution in [0.15, 0.2) is 91.8 Å². The van der Waals surface area contributed by atoms with Crippen LogP contribution >= 0.6 is 0 Å². The van der Waals surface area contributed by atoms with Crippen LogP contribution in [0.4, 0.5) is 20.6 Å².